The predicted octanol–water partition coefficient (Wildman–Crippen LogP) is 6.46. The van der Waals surface area contributed by atoms with E-state index >= 15 is 0 Å². The van der Waals surface area contributed by atoms with Crippen molar-refractivity contribution in [3.8, 4) is 0 Å². The summed E-state index contributed by atoms with van der Waals surface area (Å²) in [5.74, 6) is -0.665. The number of hydrogen-bond acceptors (Lipinski definition) is 6. The zero-order valence-corrected chi connectivity index (χ0v) is 24.6. The lowest BCUT2D eigenvalue weighted by molar-refractivity contribution is -0.276. The van der Waals surface area contributed by atoms with Gasteiger partial charge in [-0.15, -0.1) is 0 Å². The van der Waals surface area contributed by atoms with Gasteiger partial charge in [-0.05, 0) is 54.9 Å². The number of hydrogen-bond donors (Lipinski definition) is 1. The quantitative estimate of drug-likeness (QED) is 0.243. The van der Waals surface area contributed by atoms with E-state index in [1.165, 1.54) is 10.5 Å². The third-order valence-electron chi connectivity index (χ3n) is 8.73. The Balaban J connectivity index is 1.30. The Morgan fingerprint density at radius 1 is 0.814 bits per heavy atom. The van der Waals surface area contributed by atoms with Crippen LogP contribution in [-0.2, 0) is 16.1 Å². The number of likely N-dealkylation sites (N-methyl/N-ethyl adjacent to an activating group) is 1. The molecular weight excluding hydrogens is 540 g/mol. The van der Waals surface area contributed by atoms with Crippen molar-refractivity contribution in [3.63, 3.8) is 0 Å². The van der Waals surface area contributed by atoms with Gasteiger partial charge in [0.2, 0.25) is 0 Å². The lowest BCUT2D eigenvalue weighted by Gasteiger charge is -2.43. The van der Waals surface area contributed by atoms with E-state index in [0.717, 1.165) is 16.7 Å². The van der Waals surface area contributed by atoms with Gasteiger partial charge in [0.05, 0.1) is 35.6 Å². The first-order valence-electron chi connectivity index (χ1n) is 14.7. The molecule has 0 aliphatic carbocycles. The van der Waals surface area contributed by atoms with Crippen LogP contribution in [0.4, 0.5) is 5.69 Å². The highest BCUT2D eigenvalue weighted by molar-refractivity contribution is 6.34. The number of benzene rings is 4. The number of rotatable bonds is 8. The van der Waals surface area contributed by atoms with Crippen LogP contribution in [0.1, 0.15) is 75.3 Å². The highest BCUT2D eigenvalue weighted by atomic mass is 16.7. The minimum atomic E-state index is -0.723. The standard InChI is InChI=1S/C36H36N2O5/c1-23-32(21-37(3)24(2)26-10-5-4-6-11-26)42-36(43-33(23)27-18-16-25(22-39)17-19-27)28-12-9-13-29(20-28)38-34(40)30-14-7-8-15-31(30)35(38)41/h4-20,23-24,32-33,36,39H,21-22H2,1-3H3/t23-,24-,32+,33+,36+/m0/s1. The summed E-state index contributed by atoms with van der Waals surface area (Å²) in [5.41, 5.74) is 5.07. The maximum atomic E-state index is 13.2. The van der Waals surface area contributed by atoms with Crippen LogP contribution >= 0.6 is 0 Å². The predicted molar refractivity (Wildman–Crippen MR) is 164 cm³/mol. The number of imide groups is 1. The molecule has 7 nitrogen and oxygen atoms in total. The molecule has 0 aromatic heterocycles. The number of nitrogens with zero attached hydrogens (tertiary/aromatic N) is 2. The fourth-order valence-electron chi connectivity index (χ4n) is 5.99. The molecule has 5 atom stereocenters. The van der Waals surface area contributed by atoms with Gasteiger partial charge in [-0.3, -0.25) is 14.5 Å². The summed E-state index contributed by atoms with van der Waals surface area (Å²) in [6.07, 6.45) is -1.18. The number of carbonyl (C=O) groups is 2. The molecule has 0 saturated carbocycles. The van der Waals surface area contributed by atoms with Gasteiger partial charge in [-0.1, -0.05) is 85.8 Å². The van der Waals surface area contributed by atoms with Gasteiger partial charge in [0.15, 0.2) is 6.29 Å². The smallest absolute Gasteiger partial charge is 0.266 e. The first-order valence-corrected chi connectivity index (χ1v) is 14.7. The van der Waals surface area contributed by atoms with E-state index in [0.29, 0.717) is 23.4 Å². The lowest BCUT2D eigenvalue weighted by Crippen LogP contribution is -2.44. The van der Waals surface area contributed by atoms with E-state index in [2.05, 4.69) is 50.1 Å². The zero-order chi connectivity index (χ0) is 30.1. The Morgan fingerprint density at radius 2 is 1.47 bits per heavy atom. The number of fused-ring (bicyclic) bond motifs is 1. The van der Waals surface area contributed by atoms with Gasteiger partial charge < -0.3 is 14.6 Å². The summed E-state index contributed by atoms with van der Waals surface area (Å²) in [5, 5.41) is 9.57. The zero-order valence-electron chi connectivity index (χ0n) is 24.6. The molecule has 1 fully saturated rings. The Bertz CT molecular complexity index is 1570. The summed E-state index contributed by atoms with van der Waals surface area (Å²) in [4.78, 5) is 29.9. The highest BCUT2D eigenvalue weighted by Crippen LogP contribution is 2.43. The first-order chi connectivity index (χ1) is 20.9. The number of aliphatic hydroxyl groups is 1. The molecule has 7 heteroatoms. The van der Waals surface area contributed by atoms with E-state index in [4.69, 9.17) is 9.47 Å². The second kappa shape index (κ2) is 12.2. The minimum absolute atomic E-state index is 0.0149. The first kappa shape index (κ1) is 29.0. The molecule has 4 aromatic carbocycles. The van der Waals surface area contributed by atoms with Crippen LogP contribution in [0.15, 0.2) is 103 Å². The van der Waals surface area contributed by atoms with Crippen molar-refractivity contribution in [2.24, 2.45) is 5.92 Å². The van der Waals surface area contributed by atoms with E-state index in [-0.39, 0.29) is 42.6 Å². The maximum Gasteiger partial charge on any atom is 0.266 e. The van der Waals surface area contributed by atoms with Crippen LogP contribution < -0.4 is 4.90 Å². The molecule has 2 aliphatic heterocycles. The molecule has 0 bridgehead atoms. The molecule has 2 heterocycles. The normalized spacial score (nSPS) is 22.6. The van der Waals surface area contributed by atoms with Crippen LogP contribution in [-0.4, -0.2) is 41.5 Å². The van der Waals surface area contributed by atoms with Gasteiger partial charge >= 0.3 is 0 Å². The molecule has 0 unspecified atom stereocenters. The van der Waals surface area contributed by atoms with Crippen molar-refractivity contribution in [2.75, 3.05) is 18.5 Å². The van der Waals surface area contributed by atoms with Crippen LogP contribution in [0.25, 0.3) is 0 Å². The number of amides is 2. The molecule has 0 spiro atoms. The van der Waals surface area contributed by atoms with Gasteiger partial charge in [0.1, 0.15) is 0 Å². The Labute approximate surface area is 252 Å². The number of aliphatic hydroxyl groups excluding tert-OH is 1. The lowest BCUT2D eigenvalue weighted by atomic mass is 9.89. The Kier molecular flexibility index (Phi) is 8.23. The van der Waals surface area contributed by atoms with Gasteiger partial charge in [0, 0.05) is 24.1 Å². The average Bonchev–Trinajstić information content (AvgIpc) is 3.31. The average molecular weight is 577 g/mol. The fraction of sp³-hybridized carbons (Fsp3) is 0.278. The van der Waals surface area contributed by atoms with Gasteiger partial charge in [-0.2, -0.15) is 0 Å². The number of carbonyl (C=O) groups excluding carboxylic acids is 2. The largest absolute Gasteiger partial charge is 0.392 e. The Hall–Kier alpha value is -4.14. The summed E-state index contributed by atoms with van der Waals surface area (Å²) in [7, 11) is 2.10. The minimum Gasteiger partial charge on any atom is -0.392 e. The third-order valence-corrected chi connectivity index (χ3v) is 8.73. The summed E-state index contributed by atoms with van der Waals surface area (Å²) in [6, 6.07) is 32.6. The van der Waals surface area contributed by atoms with Crippen molar-refractivity contribution in [1.82, 2.24) is 4.90 Å². The van der Waals surface area contributed by atoms with Crippen LogP contribution in [0.2, 0.25) is 0 Å². The molecule has 0 radical (unpaired) electrons. The summed E-state index contributed by atoms with van der Waals surface area (Å²) < 4.78 is 13.3. The topological polar surface area (TPSA) is 79.3 Å². The molecule has 6 rings (SSSR count). The van der Waals surface area contributed by atoms with Crippen LogP contribution in [0.5, 0.6) is 0 Å². The Morgan fingerprint density at radius 3 is 2.12 bits per heavy atom. The molecule has 220 valence electrons. The molecule has 43 heavy (non-hydrogen) atoms. The summed E-state index contributed by atoms with van der Waals surface area (Å²) in [6.45, 7) is 4.97. The highest BCUT2D eigenvalue weighted by Gasteiger charge is 2.40. The third kappa shape index (κ3) is 5.65. The molecule has 2 aliphatic rings. The van der Waals surface area contributed by atoms with Crippen LogP contribution in [0.3, 0.4) is 0 Å². The SMILES string of the molecule is C[C@H]1[C@@H](CN(C)[C@@H](C)c2ccccc2)O[C@@H](c2cccc(N3C(=O)c4ccccc4C3=O)c2)O[C@H]1c1ccc(CO)cc1. The van der Waals surface area contributed by atoms with E-state index in [1.54, 1.807) is 30.3 Å². The second-order valence-corrected chi connectivity index (χ2v) is 11.4. The van der Waals surface area contributed by atoms with Crippen molar-refractivity contribution < 1.29 is 24.2 Å². The maximum absolute atomic E-state index is 13.2. The van der Waals surface area contributed by atoms with E-state index in [1.807, 2.05) is 48.5 Å². The summed E-state index contributed by atoms with van der Waals surface area (Å²) >= 11 is 0. The fourth-order valence-corrected chi connectivity index (χ4v) is 5.99. The monoisotopic (exact) mass is 576 g/mol. The van der Waals surface area contributed by atoms with Crippen LogP contribution in [0, 0.1) is 5.92 Å². The van der Waals surface area contributed by atoms with Crippen molar-refractivity contribution in [2.45, 2.75) is 45.0 Å². The molecule has 1 saturated heterocycles. The van der Waals surface area contributed by atoms with Gasteiger partial charge in [0.25, 0.3) is 11.8 Å². The van der Waals surface area contributed by atoms with E-state index < -0.39 is 6.29 Å². The molecule has 2 amide bonds. The molecule has 1 N–H and O–H groups in total. The van der Waals surface area contributed by atoms with Crippen molar-refractivity contribution in [1.29, 1.82) is 0 Å². The molecule has 4 aromatic rings. The van der Waals surface area contributed by atoms with Crippen molar-refractivity contribution >= 4 is 17.5 Å². The second-order valence-electron chi connectivity index (χ2n) is 11.4. The molecular formula is C36H36N2O5. The van der Waals surface area contributed by atoms with Crippen molar-refractivity contribution in [3.05, 3.63) is 137 Å². The number of anilines is 1. The van der Waals surface area contributed by atoms with E-state index in [9.17, 15) is 14.7 Å². The number of ether oxygens (including phenoxy) is 2. The van der Waals surface area contributed by atoms with Gasteiger partial charge in [-0.25, -0.2) is 4.90 Å².